The van der Waals surface area contributed by atoms with E-state index in [2.05, 4.69) is 20.3 Å². The van der Waals surface area contributed by atoms with Crippen molar-refractivity contribution in [3.05, 3.63) is 69.9 Å². The van der Waals surface area contributed by atoms with Gasteiger partial charge in [-0.25, -0.2) is 31.9 Å². The van der Waals surface area contributed by atoms with Gasteiger partial charge in [0, 0.05) is 37.1 Å². The summed E-state index contributed by atoms with van der Waals surface area (Å²) in [5.74, 6) is -2.82. The van der Waals surface area contributed by atoms with Gasteiger partial charge in [-0.15, -0.1) is 0 Å². The van der Waals surface area contributed by atoms with Gasteiger partial charge in [0.2, 0.25) is 6.43 Å². The summed E-state index contributed by atoms with van der Waals surface area (Å²) in [5.41, 5.74) is 4.86. The molecule has 1 saturated heterocycles. The molecule has 40 heavy (non-hydrogen) atoms. The highest BCUT2D eigenvalue weighted by Crippen LogP contribution is 2.36. The van der Waals surface area contributed by atoms with Crippen LogP contribution in [0.4, 0.5) is 29.1 Å². The Morgan fingerprint density at radius 1 is 1.12 bits per heavy atom. The van der Waals surface area contributed by atoms with E-state index in [1.807, 2.05) is 18.7 Å². The van der Waals surface area contributed by atoms with E-state index in [-0.39, 0.29) is 51.6 Å². The Labute approximate surface area is 227 Å². The number of anilines is 2. The Kier molecular flexibility index (Phi) is 7.21. The van der Waals surface area contributed by atoms with E-state index in [1.54, 1.807) is 13.0 Å². The van der Waals surface area contributed by atoms with Crippen LogP contribution in [0.3, 0.4) is 0 Å². The third kappa shape index (κ3) is 4.66. The number of halogens is 4. The Balaban J connectivity index is 1.91. The number of benzene rings is 1. The molecule has 0 spiro atoms. The average molecular weight is 556 g/mol. The van der Waals surface area contributed by atoms with E-state index >= 15 is 4.39 Å². The van der Waals surface area contributed by atoms with Crippen molar-refractivity contribution in [3.63, 3.8) is 0 Å². The fourth-order valence-electron chi connectivity index (χ4n) is 5.12. The van der Waals surface area contributed by atoms with Crippen molar-refractivity contribution in [1.29, 1.82) is 0 Å². The van der Waals surface area contributed by atoms with Crippen molar-refractivity contribution in [2.45, 2.75) is 52.1 Å². The minimum atomic E-state index is -2.77. The SMILES string of the molecule is Cc1ccnc([C@H](C)C(F)F)c1-n1c(=O)nc(N2C[C@@H](C)NC[C@@H]2C)c2cc(F)c(-c3c(N)cccc3F)nc21. The number of nitrogen functional groups attached to an aromatic ring is 1. The molecule has 0 aliphatic carbocycles. The Bertz CT molecular complexity index is 1640. The minimum Gasteiger partial charge on any atom is -0.398 e. The molecular formula is C28H29F4N7O. The second-order valence-corrected chi connectivity index (χ2v) is 10.2. The molecule has 5 rings (SSSR count). The lowest BCUT2D eigenvalue weighted by Gasteiger charge is -2.38. The van der Waals surface area contributed by atoms with Gasteiger partial charge in [0.05, 0.1) is 28.2 Å². The van der Waals surface area contributed by atoms with Crippen molar-refractivity contribution in [3.8, 4) is 16.9 Å². The molecular weight excluding hydrogens is 526 g/mol. The molecule has 0 amide bonds. The molecule has 1 fully saturated rings. The number of nitrogens with one attached hydrogen (secondary N) is 1. The first-order valence-electron chi connectivity index (χ1n) is 12.9. The molecule has 3 N–H and O–H groups in total. The van der Waals surface area contributed by atoms with Gasteiger partial charge >= 0.3 is 5.69 Å². The van der Waals surface area contributed by atoms with Crippen molar-refractivity contribution >= 4 is 22.5 Å². The standard InChI is InChI=1S/C28H29F4N7O/c1-13-8-9-34-22(16(4)25(31)32)24(13)39-27-17(26(37-28(39)40)38-12-14(2)35-11-15(38)3)10-19(30)23(36-27)21-18(29)6-5-7-20(21)33/h5-10,14-16,25,35H,11-12,33H2,1-4H3/t14-,15+,16+/m1/s1. The highest BCUT2D eigenvalue weighted by molar-refractivity contribution is 5.91. The zero-order chi connectivity index (χ0) is 28.9. The summed E-state index contributed by atoms with van der Waals surface area (Å²) in [6.07, 6.45) is -1.39. The van der Waals surface area contributed by atoms with Crippen molar-refractivity contribution in [2.75, 3.05) is 23.7 Å². The summed E-state index contributed by atoms with van der Waals surface area (Å²) >= 11 is 0. The maximum Gasteiger partial charge on any atom is 0.355 e. The van der Waals surface area contributed by atoms with Gasteiger partial charge < -0.3 is 16.0 Å². The predicted molar refractivity (Wildman–Crippen MR) is 146 cm³/mol. The van der Waals surface area contributed by atoms with Crippen LogP contribution in [0.1, 0.15) is 37.9 Å². The topological polar surface area (TPSA) is 102 Å². The highest BCUT2D eigenvalue weighted by atomic mass is 19.3. The van der Waals surface area contributed by atoms with Crippen LogP contribution < -0.4 is 21.6 Å². The van der Waals surface area contributed by atoms with Crippen LogP contribution in [0.5, 0.6) is 0 Å². The van der Waals surface area contributed by atoms with Gasteiger partial charge in [-0.2, -0.15) is 4.98 Å². The van der Waals surface area contributed by atoms with E-state index in [0.29, 0.717) is 18.7 Å². The molecule has 4 aromatic rings. The van der Waals surface area contributed by atoms with Gasteiger partial charge in [0.15, 0.2) is 11.5 Å². The fraction of sp³-hybridized carbons (Fsp3) is 0.357. The van der Waals surface area contributed by atoms with E-state index in [4.69, 9.17) is 5.73 Å². The van der Waals surface area contributed by atoms with Gasteiger partial charge in [0.25, 0.3) is 0 Å². The molecule has 4 heterocycles. The van der Waals surface area contributed by atoms with Crippen LogP contribution >= 0.6 is 0 Å². The summed E-state index contributed by atoms with van der Waals surface area (Å²) in [6.45, 7) is 7.90. The lowest BCUT2D eigenvalue weighted by Crippen LogP contribution is -2.55. The molecule has 0 saturated carbocycles. The Hall–Kier alpha value is -4.06. The third-order valence-corrected chi connectivity index (χ3v) is 7.31. The van der Waals surface area contributed by atoms with Crippen molar-refractivity contribution in [2.24, 2.45) is 0 Å². The van der Waals surface area contributed by atoms with Gasteiger partial charge in [-0.05, 0) is 50.6 Å². The molecule has 210 valence electrons. The molecule has 1 aromatic carbocycles. The average Bonchev–Trinajstić information content (AvgIpc) is 2.90. The number of hydrogen-bond donors (Lipinski definition) is 2. The first-order chi connectivity index (χ1) is 19.0. The fourth-order valence-corrected chi connectivity index (χ4v) is 5.12. The molecule has 0 radical (unpaired) electrons. The monoisotopic (exact) mass is 555 g/mol. The summed E-state index contributed by atoms with van der Waals surface area (Å²) in [4.78, 5) is 28.7. The first kappa shape index (κ1) is 27.5. The van der Waals surface area contributed by atoms with Gasteiger partial charge in [-0.3, -0.25) is 4.98 Å². The quantitative estimate of drug-likeness (QED) is 0.275. The maximum atomic E-state index is 15.8. The molecule has 0 unspecified atom stereocenters. The molecule has 3 atom stereocenters. The lowest BCUT2D eigenvalue weighted by atomic mass is 10.0. The number of pyridine rings is 2. The number of nitrogens with zero attached hydrogens (tertiary/aromatic N) is 5. The van der Waals surface area contributed by atoms with Crippen LogP contribution in [0.2, 0.25) is 0 Å². The maximum absolute atomic E-state index is 15.8. The molecule has 12 heteroatoms. The van der Waals surface area contributed by atoms with Crippen molar-refractivity contribution in [1.82, 2.24) is 24.8 Å². The van der Waals surface area contributed by atoms with Crippen LogP contribution in [0.15, 0.2) is 41.3 Å². The zero-order valence-electron chi connectivity index (χ0n) is 22.4. The number of alkyl halides is 2. The smallest absolute Gasteiger partial charge is 0.355 e. The van der Waals surface area contributed by atoms with E-state index < -0.39 is 35.4 Å². The number of nitrogens with two attached hydrogens (primary N) is 1. The summed E-state index contributed by atoms with van der Waals surface area (Å²) in [7, 11) is 0. The molecule has 3 aromatic heterocycles. The Morgan fingerprint density at radius 2 is 1.88 bits per heavy atom. The normalized spacial score (nSPS) is 18.5. The highest BCUT2D eigenvalue weighted by Gasteiger charge is 2.31. The van der Waals surface area contributed by atoms with E-state index in [9.17, 15) is 18.0 Å². The van der Waals surface area contributed by atoms with Crippen LogP contribution in [0.25, 0.3) is 28.0 Å². The molecule has 0 bridgehead atoms. The largest absolute Gasteiger partial charge is 0.398 e. The van der Waals surface area contributed by atoms with Gasteiger partial charge in [0.1, 0.15) is 17.3 Å². The molecule has 1 aliphatic heterocycles. The summed E-state index contributed by atoms with van der Waals surface area (Å²) < 4.78 is 59.5. The van der Waals surface area contributed by atoms with Gasteiger partial charge in [-0.1, -0.05) is 13.0 Å². The molecule has 8 nitrogen and oxygen atoms in total. The van der Waals surface area contributed by atoms with Crippen LogP contribution in [0, 0.1) is 18.6 Å². The second-order valence-electron chi connectivity index (χ2n) is 10.2. The van der Waals surface area contributed by atoms with E-state index in [1.165, 1.54) is 25.3 Å². The minimum absolute atomic E-state index is 0.0461. The number of rotatable bonds is 5. The van der Waals surface area contributed by atoms with Crippen LogP contribution in [-0.2, 0) is 0 Å². The lowest BCUT2D eigenvalue weighted by molar-refractivity contribution is 0.119. The third-order valence-electron chi connectivity index (χ3n) is 7.31. The predicted octanol–water partition coefficient (Wildman–Crippen LogP) is 4.57. The number of hydrogen-bond acceptors (Lipinski definition) is 7. The van der Waals surface area contributed by atoms with Crippen molar-refractivity contribution < 1.29 is 17.6 Å². The zero-order valence-corrected chi connectivity index (χ0v) is 22.4. The van der Waals surface area contributed by atoms with Crippen LogP contribution in [-0.4, -0.2) is 51.1 Å². The summed E-state index contributed by atoms with van der Waals surface area (Å²) in [6, 6.07) is 6.57. The Morgan fingerprint density at radius 3 is 2.58 bits per heavy atom. The molecule has 1 aliphatic rings. The van der Waals surface area contributed by atoms with E-state index in [0.717, 1.165) is 16.7 Å². The number of piperazine rings is 1. The number of aryl methyl sites for hydroxylation is 1. The number of aromatic nitrogens is 4. The second kappa shape index (κ2) is 10.5. The first-order valence-corrected chi connectivity index (χ1v) is 12.9. The number of fused-ring (bicyclic) bond motifs is 1. The summed E-state index contributed by atoms with van der Waals surface area (Å²) in [5, 5.41) is 3.51.